The minimum absolute atomic E-state index is 0.383. The lowest BCUT2D eigenvalue weighted by Gasteiger charge is -2.36. The van der Waals surface area contributed by atoms with Crippen LogP contribution in [0.15, 0.2) is 24.3 Å². The summed E-state index contributed by atoms with van der Waals surface area (Å²) in [6.07, 6.45) is 7.68. The van der Waals surface area contributed by atoms with E-state index in [2.05, 4.69) is 24.5 Å². The number of hydrazine groups is 1. The van der Waals surface area contributed by atoms with Gasteiger partial charge in [0.05, 0.1) is 7.11 Å². The van der Waals surface area contributed by atoms with Crippen LogP contribution in [0.4, 0.5) is 0 Å². The standard InChI is InChI=1S/C17H28N2O/c1-3-14-6-4-5-7-16(14)17(19-18)12-13-8-10-15(20-2)11-9-13/h8-11,14,16-17,19H,3-7,12,18H2,1-2H3. The molecule has 3 nitrogen and oxygen atoms in total. The number of benzene rings is 1. The predicted octanol–water partition coefficient (Wildman–Crippen LogP) is 3.29. The summed E-state index contributed by atoms with van der Waals surface area (Å²) >= 11 is 0. The number of nitrogens with two attached hydrogens (primary N) is 1. The zero-order valence-electron chi connectivity index (χ0n) is 12.8. The summed E-state index contributed by atoms with van der Waals surface area (Å²) in [7, 11) is 1.70. The Bertz CT molecular complexity index is 390. The molecule has 0 aliphatic heterocycles. The lowest BCUT2D eigenvalue weighted by Crippen LogP contribution is -2.46. The van der Waals surface area contributed by atoms with Gasteiger partial charge in [-0.1, -0.05) is 44.7 Å². The molecule has 0 radical (unpaired) electrons. The summed E-state index contributed by atoms with van der Waals surface area (Å²) in [4.78, 5) is 0. The second-order valence-corrected chi connectivity index (χ2v) is 5.94. The fourth-order valence-corrected chi connectivity index (χ4v) is 3.62. The van der Waals surface area contributed by atoms with Gasteiger partial charge in [0, 0.05) is 6.04 Å². The van der Waals surface area contributed by atoms with E-state index in [1.165, 1.54) is 37.7 Å². The Morgan fingerprint density at radius 3 is 2.55 bits per heavy atom. The highest BCUT2D eigenvalue weighted by molar-refractivity contribution is 5.27. The van der Waals surface area contributed by atoms with Crippen LogP contribution >= 0.6 is 0 Å². The average Bonchev–Trinajstić information content (AvgIpc) is 2.53. The molecule has 3 heteroatoms. The van der Waals surface area contributed by atoms with Gasteiger partial charge >= 0.3 is 0 Å². The molecule has 0 aromatic heterocycles. The van der Waals surface area contributed by atoms with Crippen molar-refractivity contribution in [2.45, 2.75) is 51.5 Å². The zero-order chi connectivity index (χ0) is 14.4. The van der Waals surface area contributed by atoms with Gasteiger partial charge in [-0.2, -0.15) is 0 Å². The van der Waals surface area contributed by atoms with Crippen LogP contribution in [0.3, 0.4) is 0 Å². The largest absolute Gasteiger partial charge is 0.497 e. The van der Waals surface area contributed by atoms with Crippen molar-refractivity contribution in [3.05, 3.63) is 29.8 Å². The normalized spacial score (nSPS) is 24.4. The van der Waals surface area contributed by atoms with E-state index in [4.69, 9.17) is 10.6 Å². The molecule has 1 saturated carbocycles. The molecule has 3 N–H and O–H groups in total. The van der Waals surface area contributed by atoms with Crippen molar-refractivity contribution in [2.24, 2.45) is 17.7 Å². The van der Waals surface area contributed by atoms with Gasteiger partial charge in [0.1, 0.15) is 5.75 Å². The maximum absolute atomic E-state index is 5.85. The van der Waals surface area contributed by atoms with Gasteiger partial charge in [-0.25, -0.2) is 0 Å². The van der Waals surface area contributed by atoms with Crippen molar-refractivity contribution in [3.8, 4) is 5.75 Å². The minimum Gasteiger partial charge on any atom is -0.497 e. The quantitative estimate of drug-likeness (QED) is 0.619. The van der Waals surface area contributed by atoms with Crippen molar-refractivity contribution in [3.63, 3.8) is 0 Å². The van der Waals surface area contributed by atoms with Gasteiger partial charge in [-0.15, -0.1) is 0 Å². The molecular formula is C17H28N2O. The maximum Gasteiger partial charge on any atom is 0.118 e. The SMILES string of the molecule is CCC1CCCCC1C(Cc1ccc(OC)cc1)NN. The van der Waals surface area contributed by atoms with Gasteiger partial charge in [-0.3, -0.25) is 11.3 Å². The van der Waals surface area contributed by atoms with Gasteiger partial charge < -0.3 is 4.74 Å². The first-order valence-corrected chi connectivity index (χ1v) is 7.87. The Kier molecular flexibility index (Phi) is 5.86. The van der Waals surface area contributed by atoms with E-state index in [1.807, 2.05) is 12.1 Å². The Labute approximate surface area is 122 Å². The number of methoxy groups -OCH3 is 1. The minimum atomic E-state index is 0.383. The Morgan fingerprint density at radius 1 is 1.25 bits per heavy atom. The highest BCUT2D eigenvalue weighted by Gasteiger charge is 2.30. The summed E-state index contributed by atoms with van der Waals surface area (Å²) in [5.74, 6) is 8.29. The van der Waals surface area contributed by atoms with Crippen LogP contribution in [-0.2, 0) is 6.42 Å². The summed E-state index contributed by atoms with van der Waals surface area (Å²) in [5.41, 5.74) is 4.41. The van der Waals surface area contributed by atoms with Crippen molar-refractivity contribution in [1.82, 2.24) is 5.43 Å². The maximum atomic E-state index is 5.85. The zero-order valence-corrected chi connectivity index (χ0v) is 12.8. The van der Waals surface area contributed by atoms with Crippen LogP contribution in [0.25, 0.3) is 0 Å². The molecule has 1 aromatic carbocycles. The molecule has 0 saturated heterocycles. The topological polar surface area (TPSA) is 47.3 Å². The van der Waals surface area contributed by atoms with E-state index in [1.54, 1.807) is 7.11 Å². The van der Waals surface area contributed by atoms with E-state index in [9.17, 15) is 0 Å². The third-order valence-corrected chi connectivity index (χ3v) is 4.84. The third kappa shape index (κ3) is 3.74. The Balaban J connectivity index is 2.02. The van der Waals surface area contributed by atoms with Crippen LogP contribution in [0.1, 0.15) is 44.6 Å². The number of rotatable bonds is 6. The summed E-state index contributed by atoms with van der Waals surface area (Å²) in [6, 6.07) is 8.73. The van der Waals surface area contributed by atoms with Crippen molar-refractivity contribution in [1.29, 1.82) is 0 Å². The van der Waals surface area contributed by atoms with E-state index in [0.29, 0.717) is 12.0 Å². The van der Waals surface area contributed by atoms with Crippen LogP contribution in [0.2, 0.25) is 0 Å². The molecule has 3 atom stereocenters. The van der Waals surface area contributed by atoms with Gasteiger partial charge in [-0.05, 0) is 42.4 Å². The van der Waals surface area contributed by atoms with Crippen LogP contribution in [-0.4, -0.2) is 13.2 Å². The second kappa shape index (κ2) is 7.65. The number of ether oxygens (including phenoxy) is 1. The number of nitrogens with one attached hydrogen (secondary N) is 1. The fraction of sp³-hybridized carbons (Fsp3) is 0.647. The average molecular weight is 276 g/mol. The first-order valence-electron chi connectivity index (χ1n) is 7.87. The van der Waals surface area contributed by atoms with Crippen LogP contribution < -0.4 is 16.0 Å². The van der Waals surface area contributed by atoms with Gasteiger partial charge in [0.25, 0.3) is 0 Å². The van der Waals surface area contributed by atoms with E-state index < -0.39 is 0 Å². The molecular weight excluding hydrogens is 248 g/mol. The molecule has 3 unspecified atom stereocenters. The highest BCUT2D eigenvalue weighted by Crippen LogP contribution is 2.35. The molecule has 0 amide bonds. The molecule has 1 aliphatic carbocycles. The fourth-order valence-electron chi connectivity index (χ4n) is 3.62. The Hall–Kier alpha value is -1.06. The van der Waals surface area contributed by atoms with Gasteiger partial charge in [0.15, 0.2) is 0 Å². The van der Waals surface area contributed by atoms with E-state index >= 15 is 0 Å². The summed E-state index contributed by atoms with van der Waals surface area (Å²) < 4.78 is 5.21. The molecule has 0 heterocycles. The molecule has 1 aromatic rings. The van der Waals surface area contributed by atoms with Crippen LogP contribution in [0.5, 0.6) is 5.75 Å². The predicted molar refractivity (Wildman–Crippen MR) is 83.5 cm³/mol. The lowest BCUT2D eigenvalue weighted by molar-refractivity contribution is 0.174. The Morgan fingerprint density at radius 2 is 1.95 bits per heavy atom. The monoisotopic (exact) mass is 276 g/mol. The van der Waals surface area contributed by atoms with Crippen molar-refractivity contribution >= 4 is 0 Å². The molecule has 0 spiro atoms. The van der Waals surface area contributed by atoms with Gasteiger partial charge in [0.2, 0.25) is 0 Å². The summed E-state index contributed by atoms with van der Waals surface area (Å²) in [5, 5.41) is 0. The second-order valence-electron chi connectivity index (χ2n) is 5.94. The lowest BCUT2D eigenvalue weighted by atomic mass is 9.73. The first-order chi connectivity index (χ1) is 9.78. The molecule has 2 rings (SSSR count). The highest BCUT2D eigenvalue weighted by atomic mass is 16.5. The van der Waals surface area contributed by atoms with Crippen molar-refractivity contribution < 1.29 is 4.74 Å². The van der Waals surface area contributed by atoms with Crippen LogP contribution in [0, 0.1) is 11.8 Å². The molecule has 0 bridgehead atoms. The van der Waals surface area contributed by atoms with E-state index in [-0.39, 0.29) is 0 Å². The molecule has 112 valence electrons. The molecule has 1 fully saturated rings. The van der Waals surface area contributed by atoms with Crippen molar-refractivity contribution in [2.75, 3.05) is 7.11 Å². The first kappa shape index (κ1) is 15.3. The number of hydrogen-bond acceptors (Lipinski definition) is 3. The molecule has 20 heavy (non-hydrogen) atoms. The smallest absolute Gasteiger partial charge is 0.118 e. The summed E-state index contributed by atoms with van der Waals surface area (Å²) in [6.45, 7) is 2.31. The molecule has 1 aliphatic rings. The van der Waals surface area contributed by atoms with E-state index in [0.717, 1.165) is 18.1 Å². The number of hydrogen-bond donors (Lipinski definition) is 2. The third-order valence-electron chi connectivity index (χ3n) is 4.84.